The van der Waals surface area contributed by atoms with E-state index in [9.17, 15) is 14.4 Å². The number of nitrogens with zero attached hydrogens (tertiary/aromatic N) is 1. The second kappa shape index (κ2) is 7.90. The predicted molar refractivity (Wildman–Crippen MR) is 91.1 cm³/mol. The van der Waals surface area contributed by atoms with E-state index in [4.69, 9.17) is 20.1 Å². The summed E-state index contributed by atoms with van der Waals surface area (Å²) in [6, 6.07) is 3.28. The fourth-order valence-corrected chi connectivity index (χ4v) is 3.00. The number of imide groups is 1. The lowest BCUT2D eigenvalue weighted by Crippen LogP contribution is -2.42. The second-order valence-corrected chi connectivity index (χ2v) is 5.79. The van der Waals surface area contributed by atoms with Gasteiger partial charge in [0.05, 0.1) is 26.2 Å². The maximum Gasteiger partial charge on any atom is 0.294 e. The molecule has 2 rings (SSSR count). The van der Waals surface area contributed by atoms with Crippen LogP contribution in [0, 0.1) is 0 Å². The highest BCUT2D eigenvalue weighted by Gasteiger charge is 2.36. The molecule has 25 heavy (non-hydrogen) atoms. The molecule has 1 aromatic rings. The Hall–Kier alpha value is -2.72. The Morgan fingerprint density at radius 3 is 2.28 bits per heavy atom. The lowest BCUT2D eigenvalue weighted by molar-refractivity contribution is -0.129. The fraction of sp³-hybridized carbons (Fsp3) is 0.267. The van der Waals surface area contributed by atoms with Gasteiger partial charge in [0.2, 0.25) is 5.75 Å². The first-order valence-corrected chi connectivity index (χ1v) is 7.81. The molecule has 0 radical (unpaired) electrons. The molecule has 1 aliphatic heterocycles. The van der Waals surface area contributed by atoms with Gasteiger partial charge in [-0.15, -0.1) is 0 Å². The van der Waals surface area contributed by atoms with Gasteiger partial charge in [0.1, 0.15) is 6.54 Å². The summed E-state index contributed by atoms with van der Waals surface area (Å²) in [6.45, 7) is -0.437. The van der Waals surface area contributed by atoms with Gasteiger partial charge >= 0.3 is 0 Å². The molecule has 1 heterocycles. The molecule has 0 bridgehead atoms. The highest BCUT2D eigenvalue weighted by atomic mass is 32.2. The van der Waals surface area contributed by atoms with Crippen LogP contribution in [-0.2, 0) is 9.59 Å². The molecule has 0 atom stereocenters. The zero-order valence-electron chi connectivity index (χ0n) is 13.8. The standard InChI is InChI=1S/C15H17N3O6S/c1-22-9-4-8(5-10(23-2)13(9)24-3)6-11-14(20)18(15(21)25-11)7-12(19)17-16/h4-6H,7,16H2,1-3H3,(H,17,19)/b11-6+. The summed E-state index contributed by atoms with van der Waals surface area (Å²) in [6.07, 6.45) is 1.51. The van der Waals surface area contributed by atoms with Crippen molar-refractivity contribution in [2.45, 2.75) is 0 Å². The number of hydrogen-bond donors (Lipinski definition) is 2. The van der Waals surface area contributed by atoms with Crippen LogP contribution in [0.25, 0.3) is 6.08 Å². The highest BCUT2D eigenvalue weighted by Crippen LogP contribution is 2.40. The summed E-state index contributed by atoms with van der Waals surface area (Å²) in [5, 5.41) is -0.549. The van der Waals surface area contributed by atoms with Crippen molar-refractivity contribution < 1.29 is 28.6 Å². The monoisotopic (exact) mass is 367 g/mol. The summed E-state index contributed by atoms with van der Waals surface area (Å²) in [5.74, 6) is 5.00. The van der Waals surface area contributed by atoms with Gasteiger partial charge in [-0.25, -0.2) is 5.84 Å². The number of benzene rings is 1. The van der Waals surface area contributed by atoms with Gasteiger partial charge in [-0.05, 0) is 35.5 Å². The molecule has 134 valence electrons. The molecule has 1 aromatic carbocycles. The van der Waals surface area contributed by atoms with Crippen LogP contribution in [0.5, 0.6) is 17.2 Å². The number of methoxy groups -OCH3 is 3. The smallest absolute Gasteiger partial charge is 0.294 e. The highest BCUT2D eigenvalue weighted by molar-refractivity contribution is 8.18. The topological polar surface area (TPSA) is 120 Å². The Balaban J connectivity index is 2.36. The number of carbonyl (C=O) groups is 3. The van der Waals surface area contributed by atoms with E-state index in [0.29, 0.717) is 22.8 Å². The van der Waals surface area contributed by atoms with Gasteiger partial charge in [-0.3, -0.25) is 24.7 Å². The Morgan fingerprint density at radius 1 is 1.20 bits per heavy atom. The molecule has 0 saturated carbocycles. The van der Waals surface area contributed by atoms with E-state index >= 15 is 0 Å². The van der Waals surface area contributed by atoms with Crippen LogP contribution in [0.3, 0.4) is 0 Å². The molecule has 10 heteroatoms. The number of hydrazine groups is 1. The lowest BCUT2D eigenvalue weighted by atomic mass is 10.1. The Morgan fingerprint density at radius 2 is 1.80 bits per heavy atom. The summed E-state index contributed by atoms with van der Waals surface area (Å²) in [7, 11) is 4.43. The number of hydrogen-bond acceptors (Lipinski definition) is 8. The molecule has 1 fully saturated rings. The minimum atomic E-state index is -0.642. The average molecular weight is 367 g/mol. The van der Waals surface area contributed by atoms with E-state index in [0.717, 1.165) is 16.7 Å². The van der Waals surface area contributed by atoms with Crippen LogP contribution in [0.15, 0.2) is 17.0 Å². The molecule has 3 amide bonds. The predicted octanol–water partition coefficient (Wildman–Crippen LogP) is 0.739. The zero-order valence-corrected chi connectivity index (χ0v) is 14.6. The van der Waals surface area contributed by atoms with E-state index in [2.05, 4.69) is 0 Å². The molecular weight excluding hydrogens is 350 g/mol. The summed E-state index contributed by atoms with van der Waals surface area (Å²) in [4.78, 5) is 36.5. The first-order chi connectivity index (χ1) is 11.9. The number of rotatable bonds is 6. The van der Waals surface area contributed by atoms with E-state index < -0.39 is 23.6 Å². The SMILES string of the molecule is COc1cc(/C=C2/SC(=O)N(CC(=O)NN)C2=O)cc(OC)c1OC. The molecule has 0 aliphatic carbocycles. The van der Waals surface area contributed by atoms with Crippen molar-refractivity contribution in [2.75, 3.05) is 27.9 Å². The number of amides is 3. The third-order valence-corrected chi connectivity index (χ3v) is 4.23. The number of nitrogens with two attached hydrogens (primary N) is 1. The van der Waals surface area contributed by atoms with Crippen molar-refractivity contribution in [2.24, 2.45) is 5.84 Å². The Labute approximate surface area is 148 Å². The molecule has 0 spiro atoms. The van der Waals surface area contributed by atoms with Crippen molar-refractivity contribution >= 4 is 34.9 Å². The summed E-state index contributed by atoms with van der Waals surface area (Å²) >= 11 is 0.731. The lowest BCUT2D eigenvalue weighted by Gasteiger charge is -2.13. The Kier molecular flexibility index (Phi) is 5.88. The van der Waals surface area contributed by atoms with Crippen molar-refractivity contribution in [1.29, 1.82) is 0 Å². The van der Waals surface area contributed by atoms with Gasteiger partial charge in [-0.2, -0.15) is 0 Å². The van der Waals surface area contributed by atoms with E-state index in [1.54, 1.807) is 12.1 Å². The number of nitrogens with one attached hydrogen (secondary N) is 1. The van der Waals surface area contributed by atoms with Crippen molar-refractivity contribution in [3.05, 3.63) is 22.6 Å². The largest absolute Gasteiger partial charge is 0.493 e. The maximum absolute atomic E-state index is 12.3. The first kappa shape index (κ1) is 18.6. The van der Waals surface area contributed by atoms with Crippen LogP contribution in [-0.4, -0.2) is 49.8 Å². The minimum absolute atomic E-state index is 0.170. The van der Waals surface area contributed by atoms with Crippen LogP contribution in [0.2, 0.25) is 0 Å². The molecular formula is C15H17N3O6S. The fourth-order valence-electron chi connectivity index (χ4n) is 2.16. The molecule has 9 nitrogen and oxygen atoms in total. The van der Waals surface area contributed by atoms with Gasteiger partial charge in [0, 0.05) is 0 Å². The molecule has 0 unspecified atom stereocenters. The van der Waals surface area contributed by atoms with Gasteiger partial charge in [0.25, 0.3) is 17.1 Å². The third-order valence-electron chi connectivity index (χ3n) is 3.32. The second-order valence-electron chi connectivity index (χ2n) is 4.79. The van der Waals surface area contributed by atoms with Crippen LogP contribution >= 0.6 is 11.8 Å². The quantitative estimate of drug-likeness (QED) is 0.327. The average Bonchev–Trinajstić information content (AvgIpc) is 2.87. The van der Waals surface area contributed by atoms with Gasteiger partial charge in [-0.1, -0.05) is 0 Å². The normalized spacial score (nSPS) is 15.5. The zero-order chi connectivity index (χ0) is 18.6. The van der Waals surface area contributed by atoms with Crippen molar-refractivity contribution in [1.82, 2.24) is 10.3 Å². The van der Waals surface area contributed by atoms with E-state index in [1.165, 1.54) is 27.4 Å². The van der Waals surface area contributed by atoms with Crippen LogP contribution in [0.4, 0.5) is 4.79 Å². The third kappa shape index (κ3) is 3.86. The van der Waals surface area contributed by atoms with Gasteiger partial charge in [0.15, 0.2) is 11.5 Å². The Bertz CT molecular complexity index is 724. The number of carbonyl (C=O) groups excluding carboxylic acids is 3. The van der Waals surface area contributed by atoms with Crippen LogP contribution < -0.4 is 25.5 Å². The molecule has 1 aliphatic rings. The molecule has 3 N–H and O–H groups in total. The van der Waals surface area contributed by atoms with Crippen LogP contribution in [0.1, 0.15) is 5.56 Å². The van der Waals surface area contributed by atoms with Crippen molar-refractivity contribution in [3.63, 3.8) is 0 Å². The molecule has 1 saturated heterocycles. The van der Waals surface area contributed by atoms with Gasteiger partial charge < -0.3 is 14.2 Å². The van der Waals surface area contributed by atoms with E-state index in [1.807, 2.05) is 5.43 Å². The number of thioether (sulfide) groups is 1. The first-order valence-electron chi connectivity index (χ1n) is 7.00. The maximum atomic E-state index is 12.3. The summed E-state index contributed by atoms with van der Waals surface area (Å²) < 4.78 is 15.7. The molecule has 0 aromatic heterocycles. The number of ether oxygens (including phenoxy) is 3. The summed E-state index contributed by atoms with van der Waals surface area (Å²) in [5.41, 5.74) is 2.45. The minimum Gasteiger partial charge on any atom is -0.493 e. The van der Waals surface area contributed by atoms with E-state index in [-0.39, 0.29) is 4.91 Å². The van der Waals surface area contributed by atoms with Crippen molar-refractivity contribution in [3.8, 4) is 17.2 Å².